The molecule has 3 rings (SSSR count). The summed E-state index contributed by atoms with van der Waals surface area (Å²) in [6.07, 6.45) is 1.07. The van der Waals surface area contributed by atoms with Crippen LogP contribution in [0, 0.1) is 5.82 Å². The molecule has 0 saturated carbocycles. The standard InChI is InChI=1S/C25H26FNO2S/c1-4-25(2,3)18-5-11-21(12-6-18)29-22-13-9-20(10-14-22)27-24(28)17-30-23-15-7-19(26)8-16-23/h5-16H,4,17H2,1-3H3,(H,27,28). The second-order valence-corrected chi connectivity index (χ2v) is 8.73. The van der Waals surface area contributed by atoms with Crippen LogP contribution in [0.1, 0.15) is 32.8 Å². The molecule has 0 aromatic heterocycles. The number of rotatable bonds is 8. The van der Waals surface area contributed by atoms with Crippen LogP contribution in [0.15, 0.2) is 77.7 Å². The highest BCUT2D eigenvalue weighted by molar-refractivity contribution is 8.00. The molecule has 1 amide bonds. The summed E-state index contributed by atoms with van der Waals surface area (Å²) in [6, 6.07) is 21.5. The van der Waals surface area contributed by atoms with Gasteiger partial charge in [-0.05, 0) is 78.1 Å². The highest BCUT2D eigenvalue weighted by Gasteiger charge is 2.17. The Morgan fingerprint density at radius 3 is 2.07 bits per heavy atom. The smallest absolute Gasteiger partial charge is 0.234 e. The predicted octanol–water partition coefficient (Wildman–Crippen LogP) is 7.04. The van der Waals surface area contributed by atoms with E-state index in [1.807, 2.05) is 36.4 Å². The maximum Gasteiger partial charge on any atom is 0.234 e. The monoisotopic (exact) mass is 423 g/mol. The van der Waals surface area contributed by atoms with Crippen molar-refractivity contribution in [1.29, 1.82) is 0 Å². The van der Waals surface area contributed by atoms with Crippen LogP contribution in [-0.2, 0) is 10.2 Å². The van der Waals surface area contributed by atoms with Crippen LogP contribution in [0.3, 0.4) is 0 Å². The van der Waals surface area contributed by atoms with Crippen LogP contribution >= 0.6 is 11.8 Å². The molecule has 3 nitrogen and oxygen atoms in total. The van der Waals surface area contributed by atoms with Crippen LogP contribution in [0.5, 0.6) is 11.5 Å². The lowest BCUT2D eigenvalue weighted by molar-refractivity contribution is -0.113. The second kappa shape index (κ2) is 9.81. The Bertz CT molecular complexity index is 968. The third-order valence-corrected chi connectivity index (χ3v) is 6.09. The molecule has 156 valence electrons. The SMILES string of the molecule is CCC(C)(C)c1ccc(Oc2ccc(NC(=O)CSc3ccc(F)cc3)cc2)cc1. The first-order chi connectivity index (χ1) is 14.4. The summed E-state index contributed by atoms with van der Waals surface area (Å²) >= 11 is 1.36. The van der Waals surface area contributed by atoms with E-state index in [0.717, 1.165) is 17.1 Å². The molecule has 1 N–H and O–H groups in total. The van der Waals surface area contributed by atoms with Gasteiger partial charge in [-0.2, -0.15) is 0 Å². The van der Waals surface area contributed by atoms with Crippen LogP contribution < -0.4 is 10.1 Å². The highest BCUT2D eigenvalue weighted by Crippen LogP contribution is 2.30. The summed E-state index contributed by atoms with van der Waals surface area (Å²) in [6.45, 7) is 6.65. The Balaban J connectivity index is 1.52. The Hall–Kier alpha value is -2.79. The van der Waals surface area contributed by atoms with Gasteiger partial charge in [0.05, 0.1) is 5.75 Å². The molecule has 5 heteroatoms. The number of ether oxygens (including phenoxy) is 1. The molecule has 0 aliphatic carbocycles. The normalized spacial score (nSPS) is 11.2. The molecular formula is C25H26FNO2S. The number of benzene rings is 3. The zero-order valence-corrected chi connectivity index (χ0v) is 18.3. The van der Waals surface area contributed by atoms with E-state index in [2.05, 4.69) is 38.2 Å². The van der Waals surface area contributed by atoms with Crippen LogP contribution in [0.4, 0.5) is 10.1 Å². The fourth-order valence-electron chi connectivity index (χ4n) is 2.80. The van der Waals surface area contributed by atoms with Crippen molar-refractivity contribution in [2.24, 2.45) is 0 Å². The molecule has 0 fully saturated rings. The van der Waals surface area contributed by atoms with Gasteiger partial charge in [-0.1, -0.05) is 32.9 Å². The van der Waals surface area contributed by atoms with Gasteiger partial charge >= 0.3 is 0 Å². The fourth-order valence-corrected chi connectivity index (χ4v) is 3.50. The maximum absolute atomic E-state index is 12.9. The van der Waals surface area contributed by atoms with Crippen LogP contribution in [0.25, 0.3) is 0 Å². The zero-order chi connectivity index (χ0) is 21.6. The van der Waals surface area contributed by atoms with Crippen molar-refractivity contribution in [2.45, 2.75) is 37.5 Å². The summed E-state index contributed by atoms with van der Waals surface area (Å²) < 4.78 is 18.8. The van der Waals surface area contributed by atoms with Crippen molar-refractivity contribution in [3.05, 3.63) is 84.2 Å². The first-order valence-corrected chi connectivity index (χ1v) is 10.9. The lowest BCUT2D eigenvalue weighted by Gasteiger charge is -2.23. The topological polar surface area (TPSA) is 38.3 Å². The van der Waals surface area contributed by atoms with E-state index in [9.17, 15) is 9.18 Å². The predicted molar refractivity (Wildman–Crippen MR) is 122 cm³/mol. The molecule has 0 aliphatic rings. The number of hydrogen-bond donors (Lipinski definition) is 1. The van der Waals surface area contributed by atoms with Crippen molar-refractivity contribution in [2.75, 3.05) is 11.1 Å². The van der Waals surface area contributed by atoms with Gasteiger partial charge in [-0.15, -0.1) is 11.8 Å². The fraction of sp³-hybridized carbons (Fsp3) is 0.240. The Morgan fingerprint density at radius 2 is 1.50 bits per heavy atom. The van der Waals surface area contributed by atoms with Gasteiger partial charge in [0, 0.05) is 10.6 Å². The van der Waals surface area contributed by atoms with E-state index < -0.39 is 0 Å². The van der Waals surface area contributed by atoms with Crippen molar-refractivity contribution >= 4 is 23.4 Å². The van der Waals surface area contributed by atoms with Gasteiger partial charge < -0.3 is 10.1 Å². The van der Waals surface area contributed by atoms with Crippen molar-refractivity contribution < 1.29 is 13.9 Å². The average molecular weight is 424 g/mol. The lowest BCUT2D eigenvalue weighted by Crippen LogP contribution is -2.14. The lowest BCUT2D eigenvalue weighted by atomic mass is 9.82. The molecule has 0 heterocycles. The second-order valence-electron chi connectivity index (χ2n) is 7.68. The van der Waals surface area contributed by atoms with E-state index >= 15 is 0 Å². The van der Waals surface area contributed by atoms with Gasteiger partial charge in [0.15, 0.2) is 0 Å². The van der Waals surface area contributed by atoms with Crippen molar-refractivity contribution in [3.8, 4) is 11.5 Å². The summed E-state index contributed by atoms with van der Waals surface area (Å²) in [5, 5.41) is 2.86. The molecular weight excluding hydrogens is 397 g/mol. The minimum Gasteiger partial charge on any atom is -0.457 e. The third kappa shape index (κ3) is 6.10. The van der Waals surface area contributed by atoms with Gasteiger partial charge in [0.2, 0.25) is 5.91 Å². The molecule has 0 bridgehead atoms. The van der Waals surface area contributed by atoms with Gasteiger partial charge in [-0.25, -0.2) is 4.39 Å². The zero-order valence-electron chi connectivity index (χ0n) is 17.4. The number of thioether (sulfide) groups is 1. The highest BCUT2D eigenvalue weighted by atomic mass is 32.2. The summed E-state index contributed by atoms with van der Waals surface area (Å²) in [5.74, 6) is 1.33. The average Bonchev–Trinajstić information content (AvgIpc) is 2.75. The number of halogens is 1. The Morgan fingerprint density at radius 1 is 0.933 bits per heavy atom. The van der Waals surface area contributed by atoms with Crippen LogP contribution in [0.2, 0.25) is 0 Å². The number of nitrogens with one attached hydrogen (secondary N) is 1. The molecule has 0 atom stereocenters. The number of carbonyl (C=O) groups is 1. The largest absolute Gasteiger partial charge is 0.457 e. The van der Waals surface area contributed by atoms with Crippen molar-refractivity contribution in [3.63, 3.8) is 0 Å². The molecule has 3 aromatic rings. The first kappa shape index (κ1) is 21.9. The minimum atomic E-state index is -0.285. The van der Waals surface area contributed by atoms with Crippen LogP contribution in [-0.4, -0.2) is 11.7 Å². The molecule has 0 unspecified atom stereocenters. The van der Waals surface area contributed by atoms with E-state index in [-0.39, 0.29) is 22.9 Å². The summed E-state index contributed by atoms with van der Waals surface area (Å²) in [5.41, 5.74) is 2.13. The first-order valence-electron chi connectivity index (χ1n) is 9.92. The molecule has 0 radical (unpaired) electrons. The number of amides is 1. The third-order valence-electron chi connectivity index (χ3n) is 5.08. The van der Waals surface area contributed by atoms with E-state index in [1.165, 1.54) is 29.5 Å². The van der Waals surface area contributed by atoms with E-state index in [4.69, 9.17) is 4.74 Å². The molecule has 0 spiro atoms. The van der Waals surface area contributed by atoms with Crippen molar-refractivity contribution in [1.82, 2.24) is 0 Å². The van der Waals surface area contributed by atoms with E-state index in [1.54, 1.807) is 12.1 Å². The minimum absolute atomic E-state index is 0.118. The summed E-state index contributed by atoms with van der Waals surface area (Å²) in [7, 11) is 0. The molecule has 30 heavy (non-hydrogen) atoms. The van der Waals surface area contributed by atoms with E-state index in [0.29, 0.717) is 11.4 Å². The molecule has 3 aromatic carbocycles. The quantitative estimate of drug-likeness (QED) is 0.395. The molecule has 0 saturated heterocycles. The van der Waals surface area contributed by atoms with Gasteiger partial charge in [-0.3, -0.25) is 4.79 Å². The van der Waals surface area contributed by atoms with Gasteiger partial charge in [0.25, 0.3) is 0 Å². The van der Waals surface area contributed by atoms with Gasteiger partial charge in [0.1, 0.15) is 17.3 Å². The number of anilines is 1. The Labute approximate surface area is 181 Å². The summed E-state index contributed by atoms with van der Waals surface area (Å²) in [4.78, 5) is 13.0. The molecule has 0 aliphatic heterocycles. The Kier molecular flexibility index (Phi) is 7.16. The maximum atomic E-state index is 12.9. The number of carbonyl (C=O) groups excluding carboxylic acids is 1. The number of hydrogen-bond acceptors (Lipinski definition) is 3.